The quantitative estimate of drug-likeness (QED) is 0.552. The molecule has 0 spiro atoms. The van der Waals surface area contributed by atoms with Gasteiger partial charge in [-0.15, -0.1) is 0 Å². The predicted molar refractivity (Wildman–Crippen MR) is 127 cm³/mol. The summed E-state index contributed by atoms with van der Waals surface area (Å²) in [5.74, 6) is -0.309. The molecule has 0 unspecified atom stereocenters. The molecule has 9 heteroatoms. The van der Waals surface area contributed by atoms with Gasteiger partial charge in [-0.1, -0.05) is 12.1 Å². The molecule has 34 heavy (non-hydrogen) atoms. The Hall–Kier alpha value is -3.62. The van der Waals surface area contributed by atoms with Crippen LogP contribution in [0.2, 0.25) is 0 Å². The van der Waals surface area contributed by atoms with Crippen LogP contribution in [0.15, 0.2) is 48.5 Å². The molecule has 182 valence electrons. The first-order valence-corrected chi connectivity index (χ1v) is 11.4. The van der Waals surface area contributed by atoms with Crippen LogP contribution in [0.4, 0.5) is 14.9 Å². The highest BCUT2D eigenvalue weighted by Gasteiger charge is 2.27. The Balaban J connectivity index is 1.49. The average Bonchev–Trinajstić information content (AvgIpc) is 2.80. The van der Waals surface area contributed by atoms with Gasteiger partial charge in [-0.05, 0) is 61.7 Å². The highest BCUT2D eigenvalue weighted by molar-refractivity contribution is 5.89. The summed E-state index contributed by atoms with van der Waals surface area (Å²) in [5.41, 5.74) is 1.30. The van der Waals surface area contributed by atoms with Crippen molar-refractivity contribution in [2.24, 2.45) is 0 Å². The Morgan fingerprint density at radius 3 is 2.44 bits per heavy atom. The molecule has 1 atom stereocenters. The third-order valence-electron chi connectivity index (χ3n) is 5.57. The van der Waals surface area contributed by atoms with Crippen molar-refractivity contribution in [1.29, 1.82) is 0 Å². The normalized spacial score (nSPS) is 14.7. The van der Waals surface area contributed by atoms with Crippen LogP contribution in [0.25, 0.3) is 0 Å². The van der Waals surface area contributed by atoms with Crippen molar-refractivity contribution >= 4 is 23.5 Å². The maximum atomic E-state index is 13.5. The van der Waals surface area contributed by atoms with Gasteiger partial charge in [0.15, 0.2) is 0 Å². The number of anilines is 1. The van der Waals surface area contributed by atoms with Gasteiger partial charge in [0.1, 0.15) is 17.6 Å². The maximum Gasteiger partial charge on any atom is 0.321 e. The number of nitrogens with one attached hydrogen (secondary N) is 3. The van der Waals surface area contributed by atoms with Crippen molar-refractivity contribution < 1.29 is 23.5 Å². The molecule has 8 nitrogen and oxygen atoms in total. The number of rotatable bonds is 8. The maximum absolute atomic E-state index is 13.5. The molecule has 0 aliphatic carbocycles. The fourth-order valence-electron chi connectivity index (χ4n) is 3.89. The van der Waals surface area contributed by atoms with E-state index in [2.05, 4.69) is 16.0 Å². The molecule has 1 aliphatic heterocycles. The van der Waals surface area contributed by atoms with Crippen LogP contribution in [0.3, 0.4) is 0 Å². The van der Waals surface area contributed by atoms with Crippen LogP contribution in [-0.4, -0.2) is 54.5 Å². The SMILES string of the molecule is CCOc1ccc(NC(=O)N2CCC(NC(=O)[C@@H](Cc3cccc(F)c3)NC(C)=O)CC2)cc1. The number of urea groups is 1. The van der Waals surface area contributed by atoms with E-state index in [1.807, 2.05) is 6.92 Å². The Bertz CT molecular complexity index is 991. The summed E-state index contributed by atoms with van der Waals surface area (Å²) < 4.78 is 18.9. The Morgan fingerprint density at radius 2 is 1.82 bits per heavy atom. The van der Waals surface area contributed by atoms with E-state index in [0.29, 0.717) is 43.8 Å². The van der Waals surface area contributed by atoms with Gasteiger partial charge in [-0.2, -0.15) is 0 Å². The van der Waals surface area contributed by atoms with Gasteiger partial charge in [-0.25, -0.2) is 9.18 Å². The number of ether oxygens (including phenoxy) is 1. The number of carbonyl (C=O) groups excluding carboxylic acids is 3. The summed E-state index contributed by atoms with van der Waals surface area (Å²) in [7, 11) is 0. The third-order valence-corrected chi connectivity index (χ3v) is 5.57. The Morgan fingerprint density at radius 1 is 1.12 bits per heavy atom. The lowest BCUT2D eigenvalue weighted by Gasteiger charge is -2.33. The molecule has 3 rings (SSSR count). The molecule has 0 saturated carbocycles. The first-order chi connectivity index (χ1) is 16.3. The van der Waals surface area contributed by atoms with Gasteiger partial charge < -0.3 is 25.6 Å². The minimum atomic E-state index is -0.805. The van der Waals surface area contributed by atoms with Crippen LogP contribution in [0, 0.1) is 5.82 Å². The van der Waals surface area contributed by atoms with E-state index in [-0.39, 0.29) is 30.3 Å². The average molecular weight is 471 g/mol. The molecular formula is C25H31FN4O4. The summed E-state index contributed by atoms with van der Waals surface area (Å²) in [6.45, 7) is 4.80. The van der Waals surface area contributed by atoms with Crippen molar-refractivity contribution in [2.75, 3.05) is 25.0 Å². The molecule has 1 aliphatic rings. The zero-order valence-electron chi connectivity index (χ0n) is 19.5. The number of hydrogen-bond donors (Lipinski definition) is 3. The van der Waals surface area contributed by atoms with E-state index in [0.717, 1.165) is 5.75 Å². The van der Waals surface area contributed by atoms with E-state index in [9.17, 15) is 18.8 Å². The fraction of sp³-hybridized carbons (Fsp3) is 0.400. The van der Waals surface area contributed by atoms with E-state index < -0.39 is 11.9 Å². The van der Waals surface area contributed by atoms with E-state index >= 15 is 0 Å². The summed E-state index contributed by atoms with van der Waals surface area (Å²) in [5, 5.41) is 8.49. The number of hydrogen-bond acceptors (Lipinski definition) is 4. The van der Waals surface area contributed by atoms with Crippen LogP contribution in [0.5, 0.6) is 5.75 Å². The molecule has 0 radical (unpaired) electrons. The van der Waals surface area contributed by atoms with E-state index in [1.165, 1.54) is 19.1 Å². The minimum Gasteiger partial charge on any atom is -0.494 e. The Kier molecular flexibility index (Phi) is 8.84. The minimum absolute atomic E-state index is 0.120. The van der Waals surface area contributed by atoms with Gasteiger partial charge in [0.05, 0.1) is 6.61 Å². The second-order valence-electron chi connectivity index (χ2n) is 8.24. The molecule has 1 saturated heterocycles. The van der Waals surface area contributed by atoms with Crippen LogP contribution in [-0.2, 0) is 16.0 Å². The third kappa shape index (κ3) is 7.47. The van der Waals surface area contributed by atoms with Crippen LogP contribution >= 0.6 is 0 Å². The molecule has 1 heterocycles. The number of benzene rings is 2. The molecule has 2 aromatic rings. The second kappa shape index (κ2) is 12.0. The van der Waals surface area contributed by atoms with Crippen molar-refractivity contribution in [3.8, 4) is 5.75 Å². The lowest BCUT2D eigenvalue weighted by atomic mass is 10.0. The van der Waals surface area contributed by atoms with Crippen molar-refractivity contribution in [3.05, 3.63) is 59.9 Å². The summed E-state index contributed by atoms with van der Waals surface area (Å²) in [6.07, 6.45) is 1.37. The van der Waals surface area contributed by atoms with Crippen LogP contribution in [0.1, 0.15) is 32.3 Å². The molecule has 2 aromatic carbocycles. The number of nitrogens with zero attached hydrogens (tertiary/aromatic N) is 1. The van der Waals surface area contributed by atoms with E-state index in [4.69, 9.17) is 4.74 Å². The van der Waals surface area contributed by atoms with Gasteiger partial charge in [0.25, 0.3) is 0 Å². The molecule has 4 amide bonds. The van der Waals surface area contributed by atoms with Gasteiger partial charge in [-0.3, -0.25) is 9.59 Å². The molecular weight excluding hydrogens is 439 g/mol. The summed E-state index contributed by atoms with van der Waals surface area (Å²) in [4.78, 5) is 38.7. The zero-order valence-corrected chi connectivity index (χ0v) is 19.5. The second-order valence-corrected chi connectivity index (χ2v) is 8.24. The fourth-order valence-corrected chi connectivity index (χ4v) is 3.89. The number of amides is 4. The lowest BCUT2D eigenvalue weighted by molar-refractivity contribution is -0.128. The first kappa shape index (κ1) is 25.0. The van der Waals surface area contributed by atoms with Crippen LogP contribution < -0.4 is 20.7 Å². The first-order valence-electron chi connectivity index (χ1n) is 11.4. The predicted octanol–water partition coefficient (Wildman–Crippen LogP) is 3.08. The van der Waals surface area contributed by atoms with Gasteiger partial charge >= 0.3 is 6.03 Å². The summed E-state index contributed by atoms with van der Waals surface area (Å²) >= 11 is 0. The summed E-state index contributed by atoms with van der Waals surface area (Å²) in [6, 6.07) is 12.0. The van der Waals surface area contributed by atoms with E-state index in [1.54, 1.807) is 41.3 Å². The highest BCUT2D eigenvalue weighted by Crippen LogP contribution is 2.18. The zero-order chi connectivity index (χ0) is 24.5. The van der Waals surface area contributed by atoms with Crippen molar-refractivity contribution in [2.45, 2.75) is 45.2 Å². The molecule has 3 N–H and O–H groups in total. The number of carbonyl (C=O) groups is 3. The smallest absolute Gasteiger partial charge is 0.321 e. The Labute approximate surface area is 198 Å². The van der Waals surface area contributed by atoms with Crippen molar-refractivity contribution in [3.63, 3.8) is 0 Å². The lowest BCUT2D eigenvalue weighted by Crippen LogP contribution is -2.53. The standard InChI is InChI=1S/C25H31FN4O4/c1-3-34-22-9-7-20(8-10-22)29-25(33)30-13-11-21(12-14-30)28-24(32)23(27-17(2)31)16-18-5-4-6-19(26)15-18/h4-10,15,21,23H,3,11-14,16H2,1-2H3,(H,27,31)(H,28,32)(H,29,33)/t23-/m1/s1. The molecule has 1 fully saturated rings. The van der Waals surface area contributed by atoms with Gasteiger partial charge in [0, 0.05) is 38.2 Å². The number of halogens is 1. The number of likely N-dealkylation sites (tertiary alicyclic amines) is 1. The van der Waals surface area contributed by atoms with Gasteiger partial charge in [0.2, 0.25) is 11.8 Å². The highest BCUT2D eigenvalue weighted by atomic mass is 19.1. The molecule has 0 bridgehead atoms. The number of piperidine rings is 1. The van der Waals surface area contributed by atoms with Crippen molar-refractivity contribution in [1.82, 2.24) is 15.5 Å². The molecule has 0 aromatic heterocycles. The monoisotopic (exact) mass is 470 g/mol. The topological polar surface area (TPSA) is 99.8 Å². The largest absolute Gasteiger partial charge is 0.494 e.